The van der Waals surface area contributed by atoms with Crippen LogP contribution >= 0.6 is 46.9 Å². The lowest BCUT2D eigenvalue weighted by atomic mass is 10.1. The zero-order chi connectivity index (χ0) is 20.6. The Morgan fingerprint density at radius 2 is 2.03 bits per heavy atom. The molecule has 0 spiro atoms. The standard InChI is InChI=1S/C20H29ClN4O3S.HI/c1-3-22-20(24-13-16(26)18-6-7-19(21)29-18)23-12-15(17-5-4-14(2)28-17)25-8-10-27-11-9-25;/h4-7,15-16,26H,3,8-13H2,1-2H3,(H2,22,23,24);1H. The summed E-state index contributed by atoms with van der Waals surface area (Å²) < 4.78 is 12.1. The third kappa shape index (κ3) is 7.38. The Bertz CT molecular complexity index is 795. The van der Waals surface area contributed by atoms with Gasteiger partial charge in [-0.3, -0.25) is 9.89 Å². The summed E-state index contributed by atoms with van der Waals surface area (Å²) in [5.41, 5.74) is 0. The van der Waals surface area contributed by atoms with E-state index >= 15 is 0 Å². The van der Waals surface area contributed by atoms with Crippen LogP contribution in [-0.4, -0.2) is 61.9 Å². The van der Waals surface area contributed by atoms with Crippen LogP contribution in [0, 0.1) is 6.92 Å². The van der Waals surface area contributed by atoms with Gasteiger partial charge in [0.15, 0.2) is 5.96 Å². The van der Waals surface area contributed by atoms with Crippen molar-refractivity contribution in [1.82, 2.24) is 15.5 Å². The number of aliphatic hydroxyl groups is 1. The van der Waals surface area contributed by atoms with Gasteiger partial charge in [-0.25, -0.2) is 0 Å². The number of nitrogens with zero attached hydrogens (tertiary/aromatic N) is 2. The van der Waals surface area contributed by atoms with E-state index in [-0.39, 0.29) is 30.0 Å². The van der Waals surface area contributed by atoms with Crippen molar-refractivity contribution in [2.24, 2.45) is 4.99 Å². The first-order chi connectivity index (χ1) is 14.1. The van der Waals surface area contributed by atoms with Crippen LogP contribution < -0.4 is 10.6 Å². The third-order valence-corrected chi connectivity index (χ3v) is 6.06. The van der Waals surface area contributed by atoms with E-state index in [0.29, 0.717) is 36.6 Å². The van der Waals surface area contributed by atoms with Crippen LogP contribution in [0.15, 0.2) is 33.7 Å². The molecule has 1 saturated heterocycles. The minimum absolute atomic E-state index is 0. The summed E-state index contributed by atoms with van der Waals surface area (Å²) in [5.74, 6) is 2.47. The number of aryl methyl sites for hydroxylation is 1. The van der Waals surface area contributed by atoms with Crippen molar-refractivity contribution in [2.75, 3.05) is 45.9 Å². The maximum Gasteiger partial charge on any atom is 0.191 e. The molecule has 2 aromatic rings. The summed E-state index contributed by atoms with van der Waals surface area (Å²) in [6, 6.07) is 7.69. The molecule has 2 unspecified atom stereocenters. The predicted molar refractivity (Wildman–Crippen MR) is 132 cm³/mol. The fourth-order valence-electron chi connectivity index (χ4n) is 3.23. The number of thiophene rings is 1. The summed E-state index contributed by atoms with van der Waals surface area (Å²) in [6.45, 7) is 8.73. The molecule has 1 aliphatic rings. The second kappa shape index (κ2) is 12.9. The van der Waals surface area contributed by atoms with Gasteiger partial charge < -0.3 is 24.9 Å². The van der Waals surface area contributed by atoms with Gasteiger partial charge in [0.1, 0.15) is 17.6 Å². The van der Waals surface area contributed by atoms with E-state index < -0.39 is 6.10 Å². The Morgan fingerprint density at radius 1 is 1.27 bits per heavy atom. The molecule has 0 saturated carbocycles. The molecule has 1 aliphatic heterocycles. The number of rotatable bonds is 8. The SMILES string of the molecule is CCNC(=NCC(c1ccc(C)o1)N1CCOCC1)NCC(O)c1ccc(Cl)s1.I. The summed E-state index contributed by atoms with van der Waals surface area (Å²) in [4.78, 5) is 7.94. The minimum Gasteiger partial charge on any atom is -0.465 e. The highest BCUT2D eigenvalue weighted by Gasteiger charge is 2.25. The maximum absolute atomic E-state index is 10.4. The van der Waals surface area contributed by atoms with Gasteiger partial charge in [-0.2, -0.15) is 0 Å². The number of furan rings is 1. The number of morpholine rings is 1. The number of hydrogen-bond donors (Lipinski definition) is 3. The van der Waals surface area contributed by atoms with E-state index in [9.17, 15) is 5.11 Å². The number of aliphatic imine (C=N–C) groups is 1. The molecule has 0 amide bonds. The van der Waals surface area contributed by atoms with Gasteiger partial charge >= 0.3 is 0 Å². The Balaban J connectivity index is 0.00000320. The molecule has 7 nitrogen and oxygen atoms in total. The highest BCUT2D eigenvalue weighted by Crippen LogP contribution is 2.27. The minimum atomic E-state index is -0.640. The van der Waals surface area contributed by atoms with Crippen molar-refractivity contribution in [1.29, 1.82) is 0 Å². The van der Waals surface area contributed by atoms with E-state index in [2.05, 4.69) is 15.5 Å². The molecule has 1 fully saturated rings. The molecule has 168 valence electrons. The summed E-state index contributed by atoms with van der Waals surface area (Å²) in [5, 5.41) is 16.8. The monoisotopic (exact) mass is 568 g/mol. The Kier molecular flexibility index (Phi) is 10.9. The largest absolute Gasteiger partial charge is 0.465 e. The van der Waals surface area contributed by atoms with Gasteiger partial charge in [-0.15, -0.1) is 35.3 Å². The molecule has 10 heteroatoms. The number of guanidine groups is 1. The molecule has 3 N–H and O–H groups in total. The van der Waals surface area contributed by atoms with E-state index in [1.165, 1.54) is 11.3 Å². The zero-order valence-electron chi connectivity index (χ0n) is 17.3. The summed E-state index contributed by atoms with van der Waals surface area (Å²) in [6.07, 6.45) is -0.640. The quantitative estimate of drug-likeness (QED) is 0.257. The van der Waals surface area contributed by atoms with Gasteiger partial charge in [-0.05, 0) is 38.1 Å². The first kappa shape index (κ1) is 25.4. The van der Waals surface area contributed by atoms with Crippen LogP contribution in [-0.2, 0) is 4.74 Å². The number of hydrogen-bond acceptors (Lipinski definition) is 6. The Labute approximate surface area is 203 Å². The fraction of sp³-hybridized carbons (Fsp3) is 0.550. The van der Waals surface area contributed by atoms with Crippen LogP contribution in [0.2, 0.25) is 4.34 Å². The average Bonchev–Trinajstić information content (AvgIpc) is 3.35. The van der Waals surface area contributed by atoms with Crippen molar-refractivity contribution < 1.29 is 14.3 Å². The van der Waals surface area contributed by atoms with Crippen LogP contribution in [0.4, 0.5) is 0 Å². The van der Waals surface area contributed by atoms with Crippen LogP contribution in [0.5, 0.6) is 0 Å². The Hall–Kier alpha value is -0.850. The average molecular weight is 569 g/mol. The molecule has 0 aliphatic carbocycles. The van der Waals surface area contributed by atoms with Gasteiger partial charge in [-0.1, -0.05) is 11.6 Å². The van der Waals surface area contributed by atoms with Crippen molar-refractivity contribution >= 4 is 52.9 Å². The molecule has 0 aromatic carbocycles. The molecular weight excluding hydrogens is 539 g/mol. The summed E-state index contributed by atoms with van der Waals surface area (Å²) >= 11 is 7.35. The summed E-state index contributed by atoms with van der Waals surface area (Å²) in [7, 11) is 0. The predicted octanol–water partition coefficient (Wildman–Crippen LogP) is 3.58. The highest BCUT2D eigenvalue weighted by molar-refractivity contribution is 14.0. The van der Waals surface area contributed by atoms with Gasteiger partial charge in [0, 0.05) is 31.1 Å². The smallest absolute Gasteiger partial charge is 0.191 e. The van der Waals surface area contributed by atoms with Crippen molar-refractivity contribution in [2.45, 2.75) is 26.0 Å². The van der Waals surface area contributed by atoms with E-state index in [1.807, 2.05) is 32.0 Å². The number of halogens is 2. The van der Waals surface area contributed by atoms with Crippen molar-refractivity contribution in [3.05, 3.63) is 45.0 Å². The third-order valence-electron chi connectivity index (χ3n) is 4.73. The van der Waals surface area contributed by atoms with E-state index in [0.717, 1.165) is 36.0 Å². The van der Waals surface area contributed by atoms with E-state index in [4.69, 9.17) is 25.7 Å². The molecule has 2 atom stereocenters. The second-order valence-electron chi connectivity index (χ2n) is 6.87. The Morgan fingerprint density at radius 3 is 2.63 bits per heavy atom. The van der Waals surface area contributed by atoms with Gasteiger partial charge in [0.2, 0.25) is 0 Å². The topological polar surface area (TPSA) is 82.3 Å². The lowest BCUT2D eigenvalue weighted by molar-refractivity contribution is 0.0135. The molecule has 3 heterocycles. The lowest BCUT2D eigenvalue weighted by Crippen LogP contribution is -2.42. The molecule has 30 heavy (non-hydrogen) atoms. The molecule has 0 bridgehead atoms. The van der Waals surface area contributed by atoms with E-state index in [1.54, 1.807) is 6.07 Å². The number of ether oxygens (including phenoxy) is 1. The fourth-order valence-corrected chi connectivity index (χ4v) is 4.27. The maximum atomic E-state index is 10.4. The first-order valence-corrected chi connectivity index (χ1v) is 11.1. The molecule has 0 radical (unpaired) electrons. The first-order valence-electron chi connectivity index (χ1n) is 9.90. The van der Waals surface area contributed by atoms with Crippen molar-refractivity contribution in [3.8, 4) is 0 Å². The van der Waals surface area contributed by atoms with Gasteiger partial charge in [0.05, 0.1) is 30.1 Å². The highest BCUT2D eigenvalue weighted by atomic mass is 127. The van der Waals surface area contributed by atoms with Crippen molar-refractivity contribution in [3.63, 3.8) is 0 Å². The number of aliphatic hydroxyl groups excluding tert-OH is 1. The normalized spacial score (nSPS) is 17.3. The van der Waals surface area contributed by atoms with Crippen LogP contribution in [0.1, 0.15) is 35.5 Å². The zero-order valence-corrected chi connectivity index (χ0v) is 21.2. The number of nitrogens with one attached hydrogen (secondary N) is 2. The second-order valence-corrected chi connectivity index (χ2v) is 8.62. The van der Waals surface area contributed by atoms with Crippen LogP contribution in [0.3, 0.4) is 0 Å². The van der Waals surface area contributed by atoms with Gasteiger partial charge in [0.25, 0.3) is 0 Å². The van der Waals surface area contributed by atoms with Crippen LogP contribution in [0.25, 0.3) is 0 Å². The molecule has 2 aromatic heterocycles. The lowest BCUT2D eigenvalue weighted by Gasteiger charge is -2.32. The molecule has 3 rings (SSSR count). The molecular formula is C20H30ClIN4O3S.